The molecule has 0 aliphatic heterocycles. The number of amides is 1. The zero-order valence-corrected chi connectivity index (χ0v) is 16.7. The highest BCUT2D eigenvalue weighted by atomic mass is 16.6. The van der Waals surface area contributed by atoms with Gasteiger partial charge >= 0.3 is 5.69 Å². The summed E-state index contributed by atoms with van der Waals surface area (Å²) in [5.74, 6) is 1.19. The highest BCUT2D eigenvalue weighted by molar-refractivity contribution is 5.76. The summed E-state index contributed by atoms with van der Waals surface area (Å²) in [6.45, 7) is 5.77. The Labute approximate surface area is 164 Å². The van der Waals surface area contributed by atoms with Crippen LogP contribution in [0.5, 0.6) is 5.75 Å². The molecule has 1 amide bonds. The Balaban J connectivity index is 1.80. The third-order valence-corrected chi connectivity index (χ3v) is 5.44. The van der Waals surface area contributed by atoms with Gasteiger partial charge in [0, 0.05) is 12.6 Å². The molecule has 1 atom stereocenters. The molecule has 1 aromatic heterocycles. The largest absolute Gasteiger partial charge is 0.497 e. The zero-order chi connectivity index (χ0) is 20.4. The normalized spacial score (nSPS) is 14.6. The van der Waals surface area contributed by atoms with E-state index in [2.05, 4.69) is 12.0 Å². The molecule has 1 aliphatic rings. The number of carbonyl (C=O) groups is 1. The maximum absolute atomic E-state index is 13.1. The lowest BCUT2D eigenvalue weighted by molar-refractivity contribution is -0.386. The van der Waals surface area contributed by atoms with Crippen LogP contribution in [0.1, 0.15) is 36.7 Å². The first kappa shape index (κ1) is 19.9. The number of methoxy groups -OCH3 is 1. The van der Waals surface area contributed by atoms with Gasteiger partial charge in [0.15, 0.2) is 0 Å². The molecule has 1 aromatic carbocycles. The zero-order valence-electron chi connectivity index (χ0n) is 16.7. The quantitative estimate of drug-likeness (QED) is 0.513. The molecular formula is C20H26N4O4. The standard InChI is InChI=1S/C20H26N4O4/c1-13-20(24(26)27)15(3)23(21-13)12-19(25)22(14(2)17-7-8-17)11-16-5-9-18(28-4)10-6-16/h5-6,9-10,14,17H,7-8,11-12H2,1-4H3. The van der Waals surface area contributed by atoms with Crippen molar-refractivity contribution in [2.24, 2.45) is 5.92 Å². The van der Waals surface area contributed by atoms with E-state index in [1.807, 2.05) is 29.2 Å². The number of carbonyl (C=O) groups excluding carboxylic acids is 1. The van der Waals surface area contributed by atoms with E-state index in [4.69, 9.17) is 4.74 Å². The third kappa shape index (κ3) is 4.16. The van der Waals surface area contributed by atoms with Gasteiger partial charge in [-0.25, -0.2) is 0 Å². The van der Waals surface area contributed by atoms with Crippen molar-refractivity contribution in [3.05, 3.63) is 51.3 Å². The number of hydrogen-bond acceptors (Lipinski definition) is 5. The minimum absolute atomic E-state index is 0.00622. The second-order valence-electron chi connectivity index (χ2n) is 7.38. The molecule has 8 heteroatoms. The average Bonchev–Trinajstić information content (AvgIpc) is 3.46. The van der Waals surface area contributed by atoms with Gasteiger partial charge in [-0.05, 0) is 57.2 Å². The summed E-state index contributed by atoms with van der Waals surface area (Å²) in [6, 6.07) is 7.77. The van der Waals surface area contributed by atoms with Gasteiger partial charge in [-0.3, -0.25) is 19.6 Å². The molecule has 8 nitrogen and oxygen atoms in total. The summed E-state index contributed by atoms with van der Waals surface area (Å²) in [5, 5.41) is 15.4. The molecule has 28 heavy (non-hydrogen) atoms. The predicted octanol–water partition coefficient (Wildman–Crippen LogP) is 3.24. The number of aromatic nitrogens is 2. The van der Waals surface area contributed by atoms with Crippen LogP contribution in [-0.4, -0.2) is 38.7 Å². The maximum atomic E-state index is 13.1. The monoisotopic (exact) mass is 386 g/mol. The highest BCUT2D eigenvalue weighted by Gasteiger charge is 2.35. The van der Waals surface area contributed by atoms with E-state index in [9.17, 15) is 14.9 Å². The van der Waals surface area contributed by atoms with Crippen molar-refractivity contribution in [3.63, 3.8) is 0 Å². The number of aryl methyl sites for hydroxylation is 1. The lowest BCUT2D eigenvalue weighted by Crippen LogP contribution is -2.41. The Kier molecular flexibility index (Phi) is 5.67. The molecule has 1 fully saturated rings. The number of benzene rings is 1. The smallest absolute Gasteiger partial charge is 0.312 e. The molecule has 1 heterocycles. The van der Waals surface area contributed by atoms with Gasteiger partial charge < -0.3 is 9.64 Å². The fraction of sp³-hybridized carbons (Fsp3) is 0.500. The molecular weight excluding hydrogens is 360 g/mol. The van der Waals surface area contributed by atoms with E-state index in [1.54, 1.807) is 21.0 Å². The molecule has 0 spiro atoms. The Bertz CT molecular complexity index is 871. The second kappa shape index (κ2) is 8.00. The lowest BCUT2D eigenvalue weighted by atomic mass is 10.1. The van der Waals surface area contributed by atoms with Crippen LogP contribution in [0, 0.1) is 29.9 Å². The van der Waals surface area contributed by atoms with Crippen LogP contribution >= 0.6 is 0 Å². The summed E-state index contributed by atoms with van der Waals surface area (Å²) in [6.07, 6.45) is 2.25. The molecule has 1 saturated carbocycles. The molecule has 0 N–H and O–H groups in total. The van der Waals surface area contributed by atoms with E-state index in [0.29, 0.717) is 23.9 Å². The summed E-state index contributed by atoms with van der Waals surface area (Å²) < 4.78 is 6.64. The number of hydrogen-bond donors (Lipinski definition) is 0. The topological polar surface area (TPSA) is 90.5 Å². The van der Waals surface area contributed by atoms with Gasteiger partial charge in [-0.1, -0.05) is 12.1 Å². The van der Waals surface area contributed by atoms with Crippen molar-refractivity contribution in [2.45, 2.75) is 52.7 Å². The Hall–Kier alpha value is -2.90. The molecule has 150 valence electrons. The van der Waals surface area contributed by atoms with Crippen LogP contribution in [-0.2, 0) is 17.9 Å². The van der Waals surface area contributed by atoms with Crippen LogP contribution in [0.2, 0.25) is 0 Å². The van der Waals surface area contributed by atoms with Crippen molar-refractivity contribution in [2.75, 3.05) is 7.11 Å². The Morgan fingerprint density at radius 2 is 2.00 bits per heavy atom. The molecule has 0 radical (unpaired) electrons. The van der Waals surface area contributed by atoms with Gasteiger partial charge in [0.2, 0.25) is 5.91 Å². The fourth-order valence-electron chi connectivity index (χ4n) is 3.54. The summed E-state index contributed by atoms with van der Waals surface area (Å²) in [7, 11) is 1.62. The van der Waals surface area contributed by atoms with E-state index in [0.717, 1.165) is 24.2 Å². The summed E-state index contributed by atoms with van der Waals surface area (Å²) in [5.41, 5.74) is 1.72. The van der Waals surface area contributed by atoms with E-state index >= 15 is 0 Å². The fourth-order valence-corrected chi connectivity index (χ4v) is 3.54. The SMILES string of the molecule is COc1ccc(CN(C(=O)Cn2nc(C)c([N+](=O)[O-])c2C)C(C)C2CC2)cc1. The lowest BCUT2D eigenvalue weighted by Gasteiger charge is -2.30. The number of nitro groups is 1. The van der Waals surface area contributed by atoms with Gasteiger partial charge in [0.05, 0.1) is 12.0 Å². The van der Waals surface area contributed by atoms with Crippen LogP contribution in [0.25, 0.3) is 0 Å². The van der Waals surface area contributed by atoms with E-state index < -0.39 is 4.92 Å². The van der Waals surface area contributed by atoms with Crippen LogP contribution < -0.4 is 4.74 Å². The Morgan fingerprint density at radius 1 is 1.36 bits per heavy atom. The van der Waals surface area contributed by atoms with E-state index in [1.165, 1.54) is 4.68 Å². The van der Waals surface area contributed by atoms with Crippen LogP contribution in [0.3, 0.4) is 0 Å². The third-order valence-electron chi connectivity index (χ3n) is 5.44. The maximum Gasteiger partial charge on any atom is 0.312 e. The van der Waals surface area contributed by atoms with E-state index in [-0.39, 0.29) is 24.2 Å². The van der Waals surface area contributed by atoms with Crippen molar-refractivity contribution in [1.82, 2.24) is 14.7 Å². The van der Waals surface area contributed by atoms with Crippen molar-refractivity contribution in [1.29, 1.82) is 0 Å². The second-order valence-corrected chi connectivity index (χ2v) is 7.38. The summed E-state index contributed by atoms with van der Waals surface area (Å²) >= 11 is 0. The van der Waals surface area contributed by atoms with Crippen molar-refractivity contribution >= 4 is 11.6 Å². The number of rotatable bonds is 8. The number of nitrogens with zero attached hydrogens (tertiary/aromatic N) is 4. The van der Waals surface area contributed by atoms with Crippen LogP contribution in [0.4, 0.5) is 5.69 Å². The summed E-state index contributed by atoms with van der Waals surface area (Å²) in [4.78, 5) is 25.8. The first-order valence-electron chi connectivity index (χ1n) is 9.42. The van der Waals surface area contributed by atoms with Gasteiger partial charge in [0.1, 0.15) is 23.7 Å². The number of ether oxygens (including phenoxy) is 1. The van der Waals surface area contributed by atoms with Crippen molar-refractivity contribution < 1.29 is 14.5 Å². The molecule has 3 rings (SSSR count). The molecule has 1 unspecified atom stereocenters. The minimum Gasteiger partial charge on any atom is -0.497 e. The van der Waals surface area contributed by atoms with Crippen molar-refractivity contribution in [3.8, 4) is 5.75 Å². The molecule has 0 bridgehead atoms. The first-order valence-corrected chi connectivity index (χ1v) is 9.42. The molecule has 0 saturated heterocycles. The molecule has 1 aliphatic carbocycles. The Morgan fingerprint density at radius 3 is 2.50 bits per heavy atom. The average molecular weight is 386 g/mol. The molecule has 2 aromatic rings. The highest BCUT2D eigenvalue weighted by Crippen LogP contribution is 2.36. The first-order chi connectivity index (χ1) is 13.3. The van der Waals surface area contributed by atoms with Crippen LogP contribution in [0.15, 0.2) is 24.3 Å². The van der Waals surface area contributed by atoms with Gasteiger partial charge in [0.25, 0.3) is 0 Å². The van der Waals surface area contributed by atoms with Gasteiger partial charge in [-0.2, -0.15) is 5.10 Å². The predicted molar refractivity (Wildman–Crippen MR) is 104 cm³/mol. The van der Waals surface area contributed by atoms with Gasteiger partial charge in [-0.15, -0.1) is 0 Å². The minimum atomic E-state index is -0.444.